The average Bonchev–Trinajstić information content (AvgIpc) is 2.52. The van der Waals surface area contributed by atoms with Gasteiger partial charge in [-0.2, -0.15) is 0 Å². The predicted octanol–water partition coefficient (Wildman–Crippen LogP) is 4.07. The SMILES string of the molecule is CN(C)CCCNc1ccc(Cl)cc1C(=O)c1ccccc1F. The van der Waals surface area contributed by atoms with Crippen LogP contribution in [0.15, 0.2) is 42.5 Å². The third-order valence-electron chi connectivity index (χ3n) is 3.44. The van der Waals surface area contributed by atoms with Crippen LogP contribution < -0.4 is 5.32 Å². The molecule has 2 rings (SSSR count). The van der Waals surface area contributed by atoms with Gasteiger partial charge in [0.05, 0.1) is 5.56 Å². The van der Waals surface area contributed by atoms with E-state index in [2.05, 4.69) is 10.2 Å². The third kappa shape index (κ3) is 4.78. The molecule has 0 bridgehead atoms. The molecule has 0 aliphatic carbocycles. The van der Waals surface area contributed by atoms with Crippen molar-refractivity contribution >= 4 is 23.1 Å². The first-order chi connectivity index (χ1) is 11.0. The molecule has 0 aromatic heterocycles. The largest absolute Gasteiger partial charge is 0.384 e. The Morgan fingerprint density at radius 1 is 1.17 bits per heavy atom. The van der Waals surface area contributed by atoms with Crippen molar-refractivity contribution in [3.8, 4) is 0 Å². The maximum atomic E-state index is 13.9. The molecule has 0 aliphatic rings. The molecular formula is C18H20ClFN2O. The van der Waals surface area contributed by atoms with Gasteiger partial charge in [0, 0.05) is 22.8 Å². The minimum atomic E-state index is -0.531. The lowest BCUT2D eigenvalue weighted by atomic mass is 10.0. The van der Waals surface area contributed by atoms with Crippen molar-refractivity contribution in [1.82, 2.24) is 4.90 Å². The Bertz CT molecular complexity index is 688. The summed E-state index contributed by atoms with van der Waals surface area (Å²) in [5.74, 6) is -0.906. The predicted molar refractivity (Wildman–Crippen MR) is 92.9 cm³/mol. The number of hydrogen-bond acceptors (Lipinski definition) is 3. The molecule has 0 spiro atoms. The molecular weight excluding hydrogens is 315 g/mol. The van der Waals surface area contributed by atoms with E-state index in [1.165, 1.54) is 12.1 Å². The second kappa shape index (κ2) is 8.09. The smallest absolute Gasteiger partial charge is 0.198 e. The fraction of sp³-hybridized carbons (Fsp3) is 0.278. The molecule has 3 nitrogen and oxygen atoms in total. The maximum Gasteiger partial charge on any atom is 0.198 e. The zero-order chi connectivity index (χ0) is 16.8. The molecule has 0 fully saturated rings. The number of benzene rings is 2. The lowest BCUT2D eigenvalue weighted by molar-refractivity contribution is 0.103. The van der Waals surface area contributed by atoms with Crippen LogP contribution >= 0.6 is 11.6 Å². The van der Waals surface area contributed by atoms with E-state index in [9.17, 15) is 9.18 Å². The van der Waals surface area contributed by atoms with Gasteiger partial charge in [0.2, 0.25) is 0 Å². The fourth-order valence-electron chi connectivity index (χ4n) is 2.27. The van der Waals surface area contributed by atoms with E-state index in [0.29, 0.717) is 16.3 Å². The highest BCUT2D eigenvalue weighted by molar-refractivity contribution is 6.31. The summed E-state index contributed by atoms with van der Waals surface area (Å²) in [6.07, 6.45) is 0.933. The van der Waals surface area contributed by atoms with Gasteiger partial charge in [-0.3, -0.25) is 4.79 Å². The van der Waals surface area contributed by atoms with Gasteiger partial charge < -0.3 is 10.2 Å². The lowest BCUT2D eigenvalue weighted by Crippen LogP contribution is -2.17. The molecule has 0 amide bonds. The topological polar surface area (TPSA) is 32.3 Å². The van der Waals surface area contributed by atoms with Gasteiger partial charge in [-0.05, 0) is 57.4 Å². The van der Waals surface area contributed by atoms with Gasteiger partial charge >= 0.3 is 0 Å². The van der Waals surface area contributed by atoms with Gasteiger partial charge in [0.15, 0.2) is 5.78 Å². The van der Waals surface area contributed by atoms with E-state index >= 15 is 0 Å². The molecule has 0 radical (unpaired) electrons. The normalized spacial score (nSPS) is 10.8. The molecule has 1 N–H and O–H groups in total. The second-order valence-corrected chi connectivity index (χ2v) is 6.02. The highest BCUT2D eigenvalue weighted by Crippen LogP contribution is 2.24. The molecule has 0 heterocycles. The van der Waals surface area contributed by atoms with Gasteiger partial charge in [0.1, 0.15) is 5.82 Å². The Balaban J connectivity index is 2.22. The van der Waals surface area contributed by atoms with E-state index in [1.807, 2.05) is 14.1 Å². The standard InChI is InChI=1S/C18H20ClFN2O/c1-22(2)11-5-10-21-17-9-8-13(19)12-15(17)18(23)14-6-3-4-7-16(14)20/h3-4,6-9,12,21H,5,10-11H2,1-2H3. The number of rotatable bonds is 7. The minimum absolute atomic E-state index is 0.0473. The fourth-order valence-corrected chi connectivity index (χ4v) is 2.44. The number of nitrogens with zero attached hydrogens (tertiary/aromatic N) is 1. The van der Waals surface area contributed by atoms with Crippen LogP contribution in [0.1, 0.15) is 22.3 Å². The summed E-state index contributed by atoms with van der Waals surface area (Å²) in [7, 11) is 4.02. The maximum absolute atomic E-state index is 13.9. The van der Waals surface area contributed by atoms with Crippen molar-refractivity contribution < 1.29 is 9.18 Å². The number of carbonyl (C=O) groups is 1. The third-order valence-corrected chi connectivity index (χ3v) is 3.68. The van der Waals surface area contributed by atoms with Crippen molar-refractivity contribution in [1.29, 1.82) is 0 Å². The van der Waals surface area contributed by atoms with Crippen molar-refractivity contribution in [2.24, 2.45) is 0 Å². The van der Waals surface area contributed by atoms with E-state index in [1.54, 1.807) is 30.3 Å². The molecule has 0 atom stereocenters. The minimum Gasteiger partial charge on any atom is -0.384 e. The number of hydrogen-bond donors (Lipinski definition) is 1. The monoisotopic (exact) mass is 334 g/mol. The van der Waals surface area contributed by atoms with Crippen LogP contribution in [0, 0.1) is 5.82 Å². The summed E-state index contributed by atoms with van der Waals surface area (Å²) >= 11 is 6.01. The van der Waals surface area contributed by atoms with E-state index in [-0.39, 0.29) is 11.3 Å². The zero-order valence-electron chi connectivity index (χ0n) is 13.3. The molecule has 2 aromatic carbocycles. The van der Waals surface area contributed by atoms with Crippen molar-refractivity contribution in [3.63, 3.8) is 0 Å². The van der Waals surface area contributed by atoms with Crippen molar-refractivity contribution in [2.45, 2.75) is 6.42 Å². The molecule has 122 valence electrons. The van der Waals surface area contributed by atoms with Crippen LogP contribution in [0.2, 0.25) is 5.02 Å². The van der Waals surface area contributed by atoms with Crippen LogP contribution in [0.3, 0.4) is 0 Å². The quantitative estimate of drug-likeness (QED) is 0.612. The summed E-state index contributed by atoms with van der Waals surface area (Å²) < 4.78 is 13.9. The van der Waals surface area contributed by atoms with Crippen LogP contribution in [-0.2, 0) is 0 Å². The van der Waals surface area contributed by atoms with Crippen molar-refractivity contribution in [3.05, 3.63) is 64.4 Å². The first kappa shape index (κ1) is 17.4. The molecule has 0 aliphatic heterocycles. The first-order valence-electron chi connectivity index (χ1n) is 7.46. The van der Waals surface area contributed by atoms with Crippen LogP contribution in [0.5, 0.6) is 0 Å². The highest BCUT2D eigenvalue weighted by atomic mass is 35.5. The average molecular weight is 335 g/mol. The van der Waals surface area contributed by atoms with E-state index < -0.39 is 5.82 Å². The van der Waals surface area contributed by atoms with E-state index in [0.717, 1.165) is 19.5 Å². The van der Waals surface area contributed by atoms with Crippen LogP contribution in [-0.4, -0.2) is 37.9 Å². The number of halogens is 2. The number of nitrogens with one attached hydrogen (secondary N) is 1. The first-order valence-corrected chi connectivity index (χ1v) is 7.84. The Labute approximate surface area is 141 Å². The molecule has 2 aromatic rings. The second-order valence-electron chi connectivity index (χ2n) is 5.58. The Morgan fingerprint density at radius 3 is 2.61 bits per heavy atom. The Morgan fingerprint density at radius 2 is 1.91 bits per heavy atom. The number of anilines is 1. The van der Waals surface area contributed by atoms with E-state index in [4.69, 9.17) is 11.6 Å². The summed E-state index contributed by atoms with van der Waals surface area (Å²) in [6, 6.07) is 11.0. The van der Waals surface area contributed by atoms with Gasteiger partial charge in [-0.15, -0.1) is 0 Å². The molecule has 23 heavy (non-hydrogen) atoms. The lowest BCUT2D eigenvalue weighted by Gasteiger charge is -2.14. The zero-order valence-corrected chi connectivity index (χ0v) is 14.0. The van der Waals surface area contributed by atoms with Gasteiger partial charge in [-0.25, -0.2) is 4.39 Å². The summed E-state index contributed by atoms with van der Waals surface area (Å²) in [5.41, 5.74) is 1.10. The summed E-state index contributed by atoms with van der Waals surface area (Å²) in [6.45, 7) is 1.66. The molecule has 0 saturated heterocycles. The highest BCUT2D eigenvalue weighted by Gasteiger charge is 2.17. The Kier molecular flexibility index (Phi) is 6.13. The summed E-state index contributed by atoms with van der Waals surface area (Å²) in [5, 5.41) is 3.69. The Hall–Kier alpha value is -1.91. The van der Waals surface area contributed by atoms with Crippen LogP contribution in [0.25, 0.3) is 0 Å². The number of carbonyl (C=O) groups excluding carboxylic acids is 1. The number of ketones is 1. The molecule has 0 unspecified atom stereocenters. The molecule has 0 saturated carbocycles. The van der Waals surface area contributed by atoms with Gasteiger partial charge in [0.25, 0.3) is 0 Å². The van der Waals surface area contributed by atoms with Crippen molar-refractivity contribution in [2.75, 3.05) is 32.5 Å². The van der Waals surface area contributed by atoms with Gasteiger partial charge in [-0.1, -0.05) is 23.7 Å². The summed E-state index contributed by atoms with van der Waals surface area (Å²) in [4.78, 5) is 14.7. The molecule has 5 heteroatoms. The van der Waals surface area contributed by atoms with Crippen LogP contribution in [0.4, 0.5) is 10.1 Å².